The minimum absolute atomic E-state index is 0.504. The molecule has 1 saturated heterocycles. The van der Waals surface area contributed by atoms with Crippen LogP contribution in [-0.4, -0.2) is 31.2 Å². The zero-order valence-corrected chi connectivity index (χ0v) is 11.5. The van der Waals surface area contributed by atoms with Crippen LogP contribution in [0.4, 0.5) is 5.69 Å². The fourth-order valence-electron chi connectivity index (χ4n) is 2.38. The van der Waals surface area contributed by atoms with Crippen LogP contribution in [0.2, 0.25) is 0 Å². The van der Waals surface area contributed by atoms with Gasteiger partial charge in [0.25, 0.3) is 0 Å². The lowest BCUT2D eigenvalue weighted by atomic mass is 10.2. The highest BCUT2D eigenvalue weighted by Crippen LogP contribution is 2.28. The summed E-state index contributed by atoms with van der Waals surface area (Å²) in [5.41, 5.74) is 2.12. The number of hydrogen-bond acceptors (Lipinski definition) is 4. The van der Waals surface area contributed by atoms with Crippen molar-refractivity contribution in [3.05, 3.63) is 54.4 Å². The van der Waals surface area contributed by atoms with E-state index in [1.54, 1.807) is 6.20 Å². The number of hydrogen-bond donors (Lipinski definition) is 1. The Hall–Kier alpha value is -2.07. The number of rotatable bonds is 4. The van der Waals surface area contributed by atoms with Crippen molar-refractivity contribution < 1.29 is 4.74 Å². The molecule has 20 heavy (non-hydrogen) atoms. The zero-order chi connectivity index (χ0) is 13.6. The number of anilines is 1. The summed E-state index contributed by atoms with van der Waals surface area (Å²) in [6.07, 6.45) is 1.79. The van der Waals surface area contributed by atoms with E-state index >= 15 is 0 Å². The van der Waals surface area contributed by atoms with Crippen molar-refractivity contribution in [2.75, 3.05) is 31.1 Å². The molecular formula is C16H19N3O. The smallest absolute Gasteiger partial charge is 0.143 e. The van der Waals surface area contributed by atoms with Crippen molar-refractivity contribution in [2.45, 2.75) is 6.61 Å². The van der Waals surface area contributed by atoms with Gasteiger partial charge >= 0.3 is 0 Å². The minimum Gasteiger partial charge on any atom is -0.485 e. The number of aromatic nitrogens is 1. The average Bonchev–Trinajstić information content (AvgIpc) is 2.55. The van der Waals surface area contributed by atoms with Crippen molar-refractivity contribution in [3.63, 3.8) is 0 Å². The van der Waals surface area contributed by atoms with Crippen LogP contribution in [0.3, 0.4) is 0 Å². The van der Waals surface area contributed by atoms with Crippen molar-refractivity contribution in [1.29, 1.82) is 0 Å². The molecule has 0 radical (unpaired) electrons. The molecule has 1 aliphatic heterocycles. The summed E-state index contributed by atoms with van der Waals surface area (Å²) in [6, 6.07) is 14.1. The molecule has 1 aromatic heterocycles. The molecule has 0 aliphatic carbocycles. The fourth-order valence-corrected chi connectivity index (χ4v) is 2.38. The van der Waals surface area contributed by atoms with E-state index < -0.39 is 0 Å². The van der Waals surface area contributed by atoms with Gasteiger partial charge in [-0.2, -0.15) is 0 Å². The van der Waals surface area contributed by atoms with Crippen LogP contribution in [0.25, 0.3) is 0 Å². The maximum absolute atomic E-state index is 5.95. The Balaban J connectivity index is 1.72. The van der Waals surface area contributed by atoms with Gasteiger partial charge in [0.2, 0.25) is 0 Å². The number of nitrogens with one attached hydrogen (secondary N) is 1. The highest BCUT2D eigenvalue weighted by molar-refractivity contribution is 5.58. The van der Waals surface area contributed by atoms with Crippen molar-refractivity contribution in [3.8, 4) is 5.75 Å². The molecule has 4 nitrogen and oxygen atoms in total. The molecule has 2 heterocycles. The Bertz CT molecular complexity index is 538. The van der Waals surface area contributed by atoms with Gasteiger partial charge in [-0.3, -0.25) is 4.98 Å². The molecule has 4 heteroatoms. The first-order valence-corrected chi connectivity index (χ1v) is 7.01. The normalized spacial score (nSPS) is 15.1. The van der Waals surface area contributed by atoms with Crippen LogP contribution >= 0.6 is 0 Å². The molecule has 3 rings (SSSR count). The zero-order valence-electron chi connectivity index (χ0n) is 11.5. The first-order chi connectivity index (χ1) is 9.93. The van der Waals surface area contributed by atoms with E-state index in [0.717, 1.165) is 37.6 Å². The van der Waals surface area contributed by atoms with Gasteiger partial charge in [-0.05, 0) is 24.3 Å². The maximum Gasteiger partial charge on any atom is 0.143 e. The number of benzene rings is 1. The molecule has 0 unspecified atom stereocenters. The van der Waals surface area contributed by atoms with Gasteiger partial charge in [-0.15, -0.1) is 0 Å². The number of nitrogens with zero attached hydrogens (tertiary/aromatic N) is 2. The summed E-state index contributed by atoms with van der Waals surface area (Å²) in [7, 11) is 0. The summed E-state index contributed by atoms with van der Waals surface area (Å²) in [5, 5.41) is 3.37. The molecule has 1 aromatic carbocycles. The van der Waals surface area contributed by atoms with E-state index in [1.807, 2.05) is 30.3 Å². The van der Waals surface area contributed by atoms with Crippen molar-refractivity contribution in [1.82, 2.24) is 10.3 Å². The summed E-state index contributed by atoms with van der Waals surface area (Å²) in [4.78, 5) is 6.65. The van der Waals surface area contributed by atoms with Crippen LogP contribution in [0.5, 0.6) is 5.75 Å². The van der Waals surface area contributed by atoms with Crippen LogP contribution in [0, 0.1) is 0 Å². The Morgan fingerprint density at radius 1 is 1.05 bits per heavy atom. The molecule has 104 valence electrons. The third-order valence-electron chi connectivity index (χ3n) is 3.42. The van der Waals surface area contributed by atoms with Crippen molar-refractivity contribution >= 4 is 5.69 Å². The van der Waals surface area contributed by atoms with E-state index in [1.165, 1.54) is 5.69 Å². The van der Waals surface area contributed by atoms with Crippen molar-refractivity contribution in [2.24, 2.45) is 0 Å². The van der Waals surface area contributed by atoms with Gasteiger partial charge in [0.05, 0.1) is 11.4 Å². The van der Waals surface area contributed by atoms with E-state index in [2.05, 4.69) is 27.3 Å². The van der Waals surface area contributed by atoms with E-state index in [-0.39, 0.29) is 0 Å². The van der Waals surface area contributed by atoms with Crippen LogP contribution < -0.4 is 15.0 Å². The van der Waals surface area contributed by atoms with E-state index in [9.17, 15) is 0 Å². The SMILES string of the molecule is c1ccc(COc2ccccc2N2CCNCC2)nc1. The second-order valence-corrected chi connectivity index (χ2v) is 4.81. The third-order valence-corrected chi connectivity index (χ3v) is 3.42. The Kier molecular flexibility index (Phi) is 4.13. The predicted molar refractivity (Wildman–Crippen MR) is 80.1 cm³/mol. The average molecular weight is 269 g/mol. The summed E-state index contributed by atoms with van der Waals surface area (Å²) < 4.78 is 5.95. The number of para-hydroxylation sites is 2. The van der Waals surface area contributed by atoms with Crippen LogP contribution in [-0.2, 0) is 6.61 Å². The van der Waals surface area contributed by atoms with Gasteiger partial charge in [-0.1, -0.05) is 18.2 Å². The van der Waals surface area contributed by atoms with Gasteiger partial charge in [-0.25, -0.2) is 0 Å². The molecule has 1 aliphatic rings. The highest BCUT2D eigenvalue weighted by atomic mass is 16.5. The fraction of sp³-hybridized carbons (Fsp3) is 0.312. The molecule has 0 atom stereocenters. The Labute approximate surface area is 119 Å². The van der Waals surface area contributed by atoms with Gasteiger partial charge in [0.15, 0.2) is 0 Å². The standard InChI is InChI=1S/C16H19N3O/c1-2-7-16(20-13-14-5-3-4-8-18-14)15(6-1)19-11-9-17-10-12-19/h1-8,17H,9-13H2. The molecule has 1 N–H and O–H groups in total. The van der Waals surface area contributed by atoms with Crippen LogP contribution in [0.15, 0.2) is 48.7 Å². The predicted octanol–water partition coefficient (Wildman–Crippen LogP) is 2.07. The number of piperazine rings is 1. The molecule has 2 aromatic rings. The lowest BCUT2D eigenvalue weighted by Gasteiger charge is -2.30. The molecule has 0 amide bonds. The van der Waals surface area contributed by atoms with E-state index in [0.29, 0.717) is 6.61 Å². The second-order valence-electron chi connectivity index (χ2n) is 4.81. The quantitative estimate of drug-likeness (QED) is 0.922. The molecule has 0 bridgehead atoms. The largest absolute Gasteiger partial charge is 0.485 e. The molecule has 1 fully saturated rings. The molecule has 0 saturated carbocycles. The lowest BCUT2D eigenvalue weighted by molar-refractivity contribution is 0.301. The van der Waals surface area contributed by atoms with E-state index in [4.69, 9.17) is 4.74 Å². The summed E-state index contributed by atoms with van der Waals surface area (Å²) in [5.74, 6) is 0.931. The minimum atomic E-state index is 0.504. The summed E-state index contributed by atoms with van der Waals surface area (Å²) in [6.45, 7) is 4.58. The third kappa shape index (κ3) is 3.08. The van der Waals surface area contributed by atoms with Gasteiger partial charge in [0, 0.05) is 32.4 Å². The van der Waals surface area contributed by atoms with Gasteiger partial charge in [0.1, 0.15) is 12.4 Å². The second kappa shape index (κ2) is 6.39. The van der Waals surface area contributed by atoms with Gasteiger partial charge < -0.3 is 15.0 Å². The first kappa shape index (κ1) is 12.9. The molecular weight excluding hydrogens is 250 g/mol. The first-order valence-electron chi connectivity index (χ1n) is 7.01. The summed E-state index contributed by atoms with van der Waals surface area (Å²) >= 11 is 0. The highest BCUT2D eigenvalue weighted by Gasteiger charge is 2.14. The Morgan fingerprint density at radius 3 is 2.65 bits per heavy atom. The Morgan fingerprint density at radius 2 is 1.85 bits per heavy atom. The lowest BCUT2D eigenvalue weighted by Crippen LogP contribution is -2.43. The maximum atomic E-state index is 5.95. The monoisotopic (exact) mass is 269 g/mol. The molecule has 0 spiro atoms. The number of ether oxygens (including phenoxy) is 1. The topological polar surface area (TPSA) is 37.4 Å². The number of pyridine rings is 1. The van der Waals surface area contributed by atoms with Crippen LogP contribution in [0.1, 0.15) is 5.69 Å².